The van der Waals surface area contributed by atoms with Gasteiger partial charge < -0.3 is 9.30 Å². The summed E-state index contributed by atoms with van der Waals surface area (Å²) in [5.41, 5.74) is 1.73. The Kier molecular flexibility index (Phi) is 5.50. The molecule has 142 valence electrons. The lowest BCUT2D eigenvalue weighted by Crippen LogP contribution is -2.23. The number of hydrogen-bond donors (Lipinski definition) is 1. The van der Waals surface area contributed by atoms with Gasteiger partial charge in [-0.3, -0.25) is 0 Å². The maximum absolute atomic E-state index is 12.6. The highest BCUT2D eigenvalue weighted by molar-refractivity contribution is 7.89. The number of benzene rings is 1. The molecule has 1 N–H and O–H groups in total. The Labute approximate surface area is 162 Å². The van der Waals surface area contributed by atoms with E-state index >= 15 is 0 Å². The van der Waals surface area contributed by atoms with Gasteiger partial charge in [0.05, 0.1) is 17.2 Å². The summed E-state index contributed by atoms with van der Waals surface area (Å²) in [5, 5.41) is 0.871. The summed E-state index contributed by atoms with van der Waals surface area (Å²) in [4.78, 5) is 15.9. The van der Waals surface area contributed by atoms with Crippen LogP contribution in [0.5, 0.6) is 0 Å². The van der Waals surface area contributed by atoms with Crippen molar-refractivity contribution < 1.29 is 17.9 Å². The molecule has 0 atom stereocenters. The van der Waals surface area contributed by atoms with Gasteiger partial charge in [-0.15, -0.1) is 0 Å². The lowest BCUT2D eigenvalue weighted by Gasteiger charge is -2.10. The average molecular weight is 408 g/mol. The third-order valence-electron chi connectivity index (χ3n) is 3.96. The van der Waals surface area contributed by atoms with Crippen molar-refractivity contribution in [3.63, 3.8) is 0 Å². The van der Waals surface area contributed by atoms with Crippen LogP contribution in [0.25, 0.3) is 11.0 Å². The van der Waals surface area contributed by atoms with Crippen LogP contribution in [0.4, 0.5) is 0 Å². The first-order valence-corrected chi connectivity index (χ1v) is 10.0. The third-order valence-corrected chi connectivity index (χ3v) is 5.85. The van der Waals surface area contributed by atoms with E-state index in [2.05, 4.69) is 9.71 Å². The molecule has 0 aliphatic heterocycles. The summed E-state index contributed by atoms with van der Waals surface area (Å²) in [6, 6.07) is 7.72. The van der Waals surface area contributed by atoms with Gasteiger partial charge in [-0.25, -0.2) is 22.9 Å². The zero-order valence-electron chi connectivity index (χ0n) is 14.8. The molecule has 0 saturated carbocycles. The van der Waals surface area contributed by atoms with Crippen molar-refractivity contribution in [3.05, 3.63) is 58.9 Å². The monoisotopic (exact) mass is 407 g/mol. The molecule has 0 spiro atoms. The minimum absolute atomic E-state index is 0.0512. The molecule has 3 aromatic rings. The number of carbonyl (C=O) groups is 1. The van der Waals surface area contributed by atoms with Gasteiger partial charge in [-0.05, 0) is 42.8 Å². The number of nitrogens with zero attached hydrogens (tertiary/aromatic N) is 2. The van der Waals surface area contributed by atoms with Crippen LogP contribution in [0, 0.1) is 0 Å². The van der Waals surface area contributed by atoms with Gasteiger partial charge in [0.15, 0.2) is 0 Å². The van der Waals surface area contributed by atoms with Crippen LogP contribution < -0.4 is 4.72 Å². The second-order valence-corrected chi connectivity index (χ2v) is 8.02. The highest BCUT2D eigenvalue weighted by Crippen LogP contribution is 2.23. The Morgan fingerprint density at radius 2 is 2.07 bits per heavy atom. The third kappa shape index (κ3) is 4.13. The van der Waals surface area contributed by atoms with Crippen molar-refractivity contribution in [2.24, 2.45) is 7.05 Å². The van der Waals surface area contributed by atoms with Crippen molar-refractivity contribution in [1.29, 1.82) is 0 Å². The van der Waals surface area contributed by atoms with E-state index in [1.165, 1.54) is 18.2 Å². The highest BCUT2D eigenvalue weighted by atomic mass is 35.5. The number of nitrogens with one attached hydrogen (secondary N) is 1. The van der Waals surface area contributed by atoms with Crippen molar-refractivity contribution in [2.75, 3.05) is 6.61 Å². The van der Waals surface area contributed by atoms with Crippen LogP contribution in [-0.2, 0) is 28.4 Å². The molecule has 0 radical (unpaired) electrons. The molecule has 27 heavy (non-hydrogen) atoms. The average Bonchev–Trinajstić information content (AvgIpc) is 3.00. The predicted octanol–water partition coefficient (Wildman–Crippen LogP) is 2.88. The smallest absolute Gasteiger partial charge is 0.338 e. The predicted molar refractivity (Wildman–Crippen MR) is 102 cm³/mol. The zero-order valence-corrected chi connectivity index (χ0v) is 16.3. The zero-order chi connectivity index (χ0) is 19.6. The van der Waals surface area contributed by atoms with Gasteiger partial charge >= 0.3 is 5.97 Å². The molecule has 9 heteroatoms. The Hall–Kier alpha value is -2.42. The summed E-state index contributed by atoms with van der Waals surface area (Å²) in [7, 11) is -1.97. The van der Waals surface area contributed by atoms with E-state index in [0.717, 1.165) is 16.6 Å². The van der Waals surface area contributed by atoms with Crippen molar-refractivity contribution >= 4 is 38.6 Å². The van der Waals surface area contributed by atoms with E-state index in [1.54, 1.807) is 13.1 Å². The van der Waals surface area contributed by atoms with Crippen LogP contribution in [0.15, 0.2) is 47.6 Å². The molecular weight excluding hydrogens is 390 g/mol. The number of carbonyl (C=O) groups excluding carboxylic acids is 1. The number of fused-ring (bicyclic) bond motifs is 1. The van der Waals surface area contributed by atoms with Gasteiger partial charge in [0.1, 0.15) is 10.5 Å². The fraction of sp³-hybridized carbons (Fsp3) is 0.222. The first-order chi connectivity index (χ1) is 12.8. The Morgan fingerprint density at radius 1 is 1.30 bits per heavy atom. The van der Waals surface area contributed by atoms with Crippen LogP contribution >= 0.6 is 11.6 Å². The maximum Gasteiger partial charge on any atom is 0.338 e. The Balaban J connectivity index is 1.78. The van der Waals surface area contributed by atoms with Crippen molar-refractivity contribution in [2.45, 2.75) is 18.4 Å². The number of sulfonamides is 1. The van der Waals surface area contributed by atoms with Gasteiger partial charge in [0, 0.05) is 31.4 Å². The standard InChI is InChI=1S/C18H18ClN3O4S/c1-3-26-18(23)14-4-5-16(15(19)9-14)27(24,25)21-11-12-8-13-6-7-22(2)17(13)20-10-12/h4-10,21H,3,11H2,1-2H3. The normalized spacial score (nSPS) is 11.7. The number of hydrogen-bond acceptors (Lipinski definition) is 5. The number of ether oxygens (including phenoxy) is 1. The highest BCUT2D eigenvalue weighted by Gasteiger charge is 2.20. The first kappa shape index (κ1) is 19.3. The van der Waals surface area contributed by atoms with Gasteiger partial charge in [0.2, 0.25) is 10.0 Å². The second-order valence-electron chi connectivity index (χ2n) is 5.87. The quantitative estimate of drug-likeness (QED) is 0.634. The minimum Gasteiger partial charge on any atom is -0.462 e. The number of pyridine rings is 1. The van der Waals surface area contributed by atoms with Crippen LogP contribution in [0.3, 0.4) is 0 Å². The number of aromatic nitrogens is 2. The number of halogens is 1. The molecule has 0 amide bonds. The van der Waals surface area contributed by atoms with Crippen LogP contribution in [-0.4, -0.2) is 30.5 Å². The van der Waals surface area contributed by atoms with E-state index in [1.807, 2.05) is 29.9 Å². The van der Waals surface area contributed by atoms with E-state index in [4.69, 9.17) is 16.3 Å². The summed E-state index contributed by atoms with van der Waals surface area (Å²) < 4.78 is 34.4. The van der Waals surface area contributed by atoms with Gasteiger partial charge in [0.25, 0.3) is 0 Å². The summed E-state index contributed by atoms with van der Waals surface area (Å²) >= 11 is 6.08. The van der Waals surface area contributed by atoms with Crippen molar-refractivity contribution in [1.82, 2.24) is 14.3 Å². The Morgan fingerprint density at radius 3 is 2.78 bits per heavy atom. The van der Waals surface area contributed by atoms with Gasteiger partial charge in [-0.2, -0.15) is 0 Å². The molecule has 1 aromatic carbocycles. The lowest BCUT2D eigenvalue weighted by atomic mass is 10.2. The molecular formula is C18H18ClN3O4S. The lowest BCUT2D eigenvalue weighted by molar-refractivity contribution is 0.0526. The summed E-state index contributed by atoms with van der Waals surface area (Å²) in [5.74, 6) is -0.557. The van der Waals surface area contributed by atoms with Gasteiger partial charge in [-0.1, -0.05) is 11.6 Å². The van der Waals surface area contributed by atoms with Crippen LogP contribution in [0.1, 0.15) is 22.8 Å². The molecule has 0 saturated heterocycles. The fourth-order valence-corrected chi connectivity index (χ4v) is 4.17. The number of rotatable bonds is 6. The van der Waals surface area contributed by atoms with E-state index in [0.29, 0.717) is 0 Å². The molecule has 0 bridgehead atoms. The molecule has 0 aliphatic rings. The molecule has 2 heterocycles. The summed E-state index contributed by atoms with van der Waals surface area (Å²) in [6.07, 6.45) is 3.51. The largest absolute Gasteiger partial charge is 0.462 e. The molecule has 0 unspecified atom stereocenters. The molecule has 0 fully saturated rings. The second kappa shape index (κ2) is 7.67. The Bertz CT molecular complexity index is 1110. The molecule has 0 aliphatic carbocycles. The number of esters is 1. The molecule has 7 nitrogen and oxygen atoms in total. The molecule has 3 rings (SSSR count). The maximum atomic E-state index is 12.6. The number of aryl methyl sites for hydroxylation is 1. The van der Waals surface area contributed by atoms with E-state index < -0.39 is 16.0 Å². The summed E-state index contributed by atoms with van der Waals surface area (Å²) in [6.45, 7) is 1.97. The first-order valence-electron chi connectivity index (χ1n) is 8.18. The minimum atomic E-state index is -3.86. The fourth-order valence-electron chi connectivity index (χ4n) is 2.61. The van der Waals surface area contributed by atoms with E-state index in [9.17, 15) is 13.2 Å². The molecule has 2 aromatic heterocycles. The SMILES string of the molecule is CCOC(=O)c1ccc(S(=O)(=O)NCc2cnc3c(ccn3C)c2)c(Cl)c1. The topological polar surface area (TPSA) is 90.3 Å². The van der Waals surface area contributed by atoms with Crippen molar-refractivity contribution in [3.8, 4) is 0 Å². The van der Waals surface area contributed by atoms with Crippen LogP contribution in [0.2, 0.25) is 5.02 Å². The van der Waals surface area contributed by atoms with E-state index in [-0.39, 0.29) is 28.6 Å².